The summed E-state index contributed by atoms with van der Waals surface area (Å²) in [5.74, 6) is 0.376. The van der Waals surface area contributed by atoms with Gasteiger partial charge in [-0.25, -0.2) is 4.39 Å². The summed E-state index contributed by atoms with van der Waals surface area (Å²) in [6, 6.07) is 14.2. The zero-order valence-corrected chi connectivity index (χ0v) is 11.7. The van der Waals surface area contributed by atoms with Crippen LogP contribution in [0.5, 0.6) is 5.75 Å². The molecule has 0 bridgehead atoms. The molecule has 1 unspecified atom stereocenters. The highest BCUT2D eigenvalue weighted by molar-refractivity contribution is 5.49. The molecule has 0 spiro atoms. The first-order chi connectivity index (χ1) is 9.61. The van der Waals surface area contributed by atoms with Crippen LogP contribution < -0.4 is 15.4 Å². The first-order valence-electron chi connectivity index (χ1n) is 6.50. The molecule has 2 aromatic rings. The van der Waals surface area contributed by atoms with Crippen LogP contribution in [-0.4, -0.2) is 20.6 Å². The summed E-state index contributed by atoms with van der Waals surface area (Å²) in [4.78, 5) is 1.98. The van der Waals surface area contributed by atoms with E-state index in [-0.39, 0.29) is 12.4 Å². The lowest BCUT2D eigenvalue weighted by Crippen LogP contribution is -2.19. The van der Waals surface area contributed by atoms with Crippen LogP contribution in [0.2, 0.25) is 0 Å². The highest BCUT2D eigenvalue weighted by atomic mass is 19.1. The lowest BCUT2D eigenvalue weighted by atomic mass is 10.1. The first-order valence-corrected chi connectivity index (χ1v) is 6.50. The van der Waals surface area contributed by atoms with Gasteiger partial charge < -0.3 is 15.4 Å². The molecule has 0 aromatic heterocycles. The molecular weight excluding hydrogens is 255 g/mol. The minimum atomic E-state index is -0.492. The molecule has 3 nitrogen and oxygen atoms in total. The standard InChI is InChI=1S/C16H19FN2O/c1-19(2)12-6-5-7-13(10-12)20-16(11-18)14-8-3-4-9-15(14)17/h3-10,16H,11,18H2,1-2H3. The summed E-state index contributed by atoms with van der Waals surface area (Å²) in [5, 5.41) is 0. The van der Waals surface area contributed by atoms with E-state index in [4.69, 9.17) is 10.5 Å². The van der Waals surface area contributed by atoms with E-state index in [0.717, 1.165) is 5.69 Å². The number of ether oxygens (including phenoxy) is 1. The third-order valence-corrected chi connectivity index (χ3v) is 3.08. The van der Waals surface area contributed by atoms with E-state index in [1.807, 2.05) is 43.3 Å². The first kappa shape index (κ1) is 14.3. The molecule has 0 aliphatic rings. The van der Waals surface area contributed by atoms with Gasteiger partial charge in [-0.05, 0) is 18.2 Å². The van der Waals surface area contributed by atoms with E-state index in [1.165, 1.54) is 6.07 Å². The van der Waals surface area contributed by atoms with Crippen molar-refractivity contribution in [3.8, 4) is 5.75 Å². The van der Waals surface area contributed by atoms with Gasteiger partial charge in [-0.1, -0.05) is 24.3 Å². The van der Waals surface area contributed by atoms with Crippen LogP contribution in [0.15, 0.2) is 48.5 Å². The summed E-state index contributed by atoms with van der Waals surface area (Å²) >= 11 is 0. The van der Waals surface area contributed by atoms with Crippen molar-refractivity contribution in [2.45, 2.75) is 6.10 Å². The molecule has 0 heterocycles. The average Bonchev–Trinajstić information content (AvgIpc) is 2.46. The Morgan fingerprint density at radius 1 is 1.15 bits per heavy atom. The highest BCUT2D eigenvalue weighted by Gasteiger charge is 2.15. The van der Waals surface area contributed by atoms with Crippen molar-refractivity contribution in [3.05, 3.63) is 59.9 Å². The number of hydrogen-bond donors (Lipinski definition) is 1. The van der Waals surface area contributed by atoms with Gasteiger partial charge in [0.05, 0.1) is 0 Å². The maximum Gasteiger partial charge on any atom is 0.139 e. The third-order valence-electron chi connectivity index (χ3n) is 3.08. The van der Waals surface area contributed by atoms with Gasteiger partial charge in [-0.15, -0.1) is 0 Å². The lowest BCUT2D eigenvalue weighted by Gasteiger charge is -2.20. The van der Waals surface area contributed by atoms with Crippen molar-refractivity contribution in [1.29, 1.82) is 0 Å². The summed E-state index contributed by atoms with van der Waals surface area (Å²) in [6.07, 6.45) is -0.492. The van der Waals surface area contributed by atoms with Gasteiger partial charge >= 0.3 is 0 Å². The second-order valence-electron chi connectivity index (χ2n) is 4.76. The van der Waals surface area contributed by atoms with Gasteiger partial charge in [0, 0.05) is 38.0 Å². The fourth-order valence-electron chi connectivity index (χ4n) is 1.97. The Morgan fingerprint density at radius 3 is 2.55 bits per heavy atom. The number of nitrogens with zero attached hydrogens (tertiary/aromatic N) is 1. The van der Waals surface area contributed by atoms with Gasteiger partial charge in [-0.3, -0.25) is 0 Å². The van der Waals surface area contributed by atoms with Crippen LogP contribution in [0.3, 0.4) is 0 Å². The van der Waals surface area contributed by atoms with Gasteiger partial charge in [0.1, 0.15) is 17.7 Å². The number of nitrogens with two attached hydrogens (primary N) is 1. The topological polar surface area (TPSA) is 38.5 Å². The zero-order valence-electron chi connectivity index (χ0n) is 11.7. The number of rotatable bonds is 5. The van der Waals surface area contributed by atoms with Crippen LogP contribution in [0, 0.1) is 5.82 Å². The van der Waals surface area contributed by atoms with Crippen LogP contribution in [0.1, 0.15) is 11.7 Å². The van der Waals surface area contributed by atoms with Crippen molar-refractivity contribution in [2.75, 3.05) is 25.5 Å². The van der Waals surface area contributed by atoms with E-state index in [2.05, 4.69) is 0 Å². The summed E-state index contributed by atoms with van der Waals surface area (Å²) in [6.45, 7) is 0.215. The molecule has 2 rings (SSSR count). The maximum absolute atomic E-state index is 13.8. The number of anilines is 1. The summed E-state index contributed by atoms with van der Waals surface area (Å²) in [5.41, 5.74) is 7.21. The smallest absolute Gasteiger partial charge is 0.139 e. The predicted octanol–water partition coefficient (Wildman–Crippen LogP) is 2.97. The minimum Gasteiger partial charge on any atom is -0.484 e. The van der Waals surface area contributed by atoms with Crippen molar-refractivity contribution in [1.82, 2.24) is 0 Å². The normalized spacial score (nSPS) is 12.0. The molecule has 0 saturated carbocycles. The SMILES string of the molecule is CN(C)c1cccc(OC(CN)c2ccccc2F)c1. The van der Waals surface area contributed by atoms with E-state index in [1.54, 1.807) is 18.2 Å². The van der Waals surface area contributed by atoms with Gasteiger partial charge in [-0.2, -0.15) is 0 Å². The summed E-state index contributed by atoms with van der Waals surface area (Å²) < 4.78 is 19.6. The quantitative estimate of drug-likeness (QED) is 0.911. The van der Waals surface area contributed by atoms with E-state index in [9.17, 15) is 4.39 Å². The average molecular weight is 274 g/mol. The Balaban J connectivity index is 2.23. The largest absolute Gasteiger partial charge is 0.484 e. The predicted molar refractivity (Wildman–Crippen MR) is 79.6 cm³/mol. The maximum atomic E-state index is 13.8. The fraction of sp³-hybridized carbons (Fsp3) is 0.250. The highest BCUT2D eigenvalue weighted by Crippen LogP contribution is 2.26. The second-order valence-corrected chi connectivity index (χ2v) is 4.76. The van der Waals surface area contributed by atoms with Gasteiger partial charge in [0.25, 0.3) is 0 Å². The molecule has 0 aliphatic carbocycles. The Kier molecular flexibility index (Phi) is 4.58. The van der Waals surface area contributed by atoms with Crippen molar-refractivity contribution < 1.29 is 9.13 Å². The second kappa shape index (κ2) is 6.39. The molecular formula is C16H19FN2O. The van der Waals surface area contributed by atoms with Crippen molar-refractivity contribution in [3.63, 3.8) is 0 Å². The number of hydrogen-bond acceptors (Lipinski definition) is 3. The summed E-state index contributed by atoms with van der Waals surface area (Å²) in [7, 11) is 3.91. The van der Waals surface area contributed by atoms with E-state index < -0.39 is 6.10 Å². The molecule has 0 aliphatic heterocycles. The molecule has 0 saturated heterocycles. The lowest BCUT2D eigenvalue weighted by molar-refractivity contribution is 0.209. The number of benzene rings is 2. The molecule has 4 heteroatoms. The Labute approximate surface area is 118 Å². The zero-order chi connectivity index (χ0) is 14.5. The molecule has 20 heavy (non-hydrogen) atoms. The Bertz CT molecular complexity index is 572. The molecule has 2 N–H and O–H groups in total. The van der Waals surface area contributed by atoms with Crippen LogP contribution in [-0.2, 0) is 0 Å². The Hall–Kier alpha value is -2.07. The van der Waals surface area contributed by atoms with Crippen LogP contribution in [0.4, 0.5) is 10.1 Å². The molecule has 0 fully saturated rings. The van der Waals surface area contributed by atoms with Crippen LogP contribution >= 0.6 is 0 Å². The van der Waals surface area contributed by atoms with Crippen molar-refractivity contribution >= 4 is 5.69 Å². The third kappa shape index (κ3) is 3.27. The van der Waals surface area contributed by atoms with E-state index >= 15 is 0 Å². The molecule has 1 atom stereocenters. The Morgan fingerprint density at radius 2 is 1.90 bits per heavy atom. The fourth-order valence-corrected chi connectivity index (χ4v) is 1.97. The molecule has 0 amide bonds. The number of halogens is 1. The van der Waals surface area contributed by atoms with Gasteiger partial charge in [0.15, 0.2) is 0 Å². The van der Waals surface area contributed by atoms with Crippen LogP contribution in [0.25, 0.3) is 0 Å². The van der Waals surface area contributed by atoms with Crippen molar-refractivity contribution in [2.24, 2.45) is 5.73 Å². The van der Waals surface area contributed by atoms with E-state index in [0.29, 0.717) is 11.3 Å². The molecule has 0 radical (unpaired) electrons. The monoisotopic (exact) mass is 274 g/mol. The molecule has 106 valence electrons. The minimum absolute atomic E-state index is 0.215. The van der Waals surface area contributed by atoms with Gasteiger partial charge in [0.2, 0.25) is 0 Å². The molecule has 2 aromatic carbocycles.